The second-order valence-electron chi connectivity index (χ2n) is 9.05. The van der Waals surface area contributed by atoms with Crippen LogP contribution in [0.4, 0.5) is 0 Å². The van der Waals surface area contributed by atoms with Crippen LogP contribution in [0, 0.1) is 5.92 Å². The molecule has 6 nitrogen and oxygen atoms in total. The van der Waals surface area contributed by atoms with Crippen LogP contribution in [0.5, 0.6) is 11.5 Å². The SMILES string of the molecule is COc1cccc2c(OCC3CCC(NC(C4=CC=CCC4)C4=COC=CO4)CC3)ccnc12. The minimum Gasteiger partial charge on any atom is -0.494 e. The molecule has 1 aliphatic heterocycles. The Morgan fingerprint density at radius 2 is 2.03 bits per heavy atom. The van der Waals surface area contributed by atoms with Crippen LogP contribution in [0.1, 0.15) is 38.5 Å². The number of hydrogen-bond acceptors (Lipinski definition) is 6. The zero-order chi connectivity index (χ0) is 23.2. The topological polar surface area (TPSA) is 61.8 Å². The van der Waals surface area contributed by atoms with E-state index < -0.39 is 0 Å². The van der Waals surface area contributed by atoms with Crippen LogP contribution in [0.2, 0.25) is 0 Å². The fourth-order valence-electron chi connectivity index (χ4n) is 5.00. The lowest BCUT2D eigenvalue weighted by atomic mass is 9.85. The number of rotatable bonds is 8. The van der Waals surface area contributed by atoms with Gasteiger partial charge in [-0.05, 0) is 68.2 Å². The summed E-state index contributed by atoms with van der Waals surface area (Å²) in [4.78, 5) is 4.47. The zero-order valence-electron chi connectivity index (χ0n) is 19.6. The van der Waals surface area contributed by atoms with Crippen molar-refractivity contribution in [3.63, 3.8) is 0 Å². The molecular formula is C28H32N2O4. The molecule has 1 N–H and O–H groups in total. The maximum Gasteiger partial charge on any atom is 0.159 e. The summed E-state index contributed by atoms with van der Waals surface area (Å²) in [6.45, 7) is 0.718. The molecule has 2 heterocycles. The lowest BCUT2D eigenvalue weighted by Crippen LogP contribution is -2.43. The summed E-state index contributed by atoms with van der Waals surface area (Å²) in [5.74, 6) is 3.01. The van der Waals surface area contributed by atoms with Gasteiger partial charge in [0.05, 0.1) is 19.8 Å². The first-order valence-electron chi connectivity index (χ1n) is 12.1. The lowest BCUT2D eigenvalue weighted by Gasteiger charge is -2.34. The fraction of sp³-hybridized carbons (Fsp3) is 0.393. The number of methoxy groups -OCH3 is 1. The first-order valence-corrected chi connectivity index (χ1v) is 12.1. The number of para-hydroxylation sites is 1. The molecule has 0 spiro atoms. The Hall–Kier alpha value is -3.25. The average Bonchev–Trinajstić information content (AvgIpc) is 2.92. The predicted molar refractivity (Wildman–Crippen MR) is 132 cm³/mol. The number of pyridine rings is 1. The highest BCUT2D eigenvalue weighted by molar-refractivity contribution is 5.89. The number of benzene rings is 1. The van der Waals surface area contributed by atoms with E-state index in [0.717, 1.165) is 73.3 Å². The van der Waals surface area contributed by atoms with Gasteiger partial charge in [-0.2, -0.15) is 0 Å². The van der Waals surface area contributed by atoms with Crippen molar-refractivity contribution in [2.45, 2.75) is 50.6 Å². The summed E-state index contributed by atoms with van der Waals surface area (Å²) in [6, 6.07) is 8.38. The second-order valence-corrected chi connectivity index (χ2v) is 9.05. The van der Waals surface area contributed by atoms with Crippen molar-refractivity contribution in [2.75, 3.05) is 13.7 Å². The third kappa shape index (κ3) is 5.12. The maximum atomic E-state index is 6.28. The highest BCUT2D eigenvalue weighted by atomic mass is 16.5. The Balaban J connectivity index is 1.18. The van der Waals surface area contributed by atoms with E-state index in [0.29, 0.717) is 12.0 Å². The van der Waals surface area contributed by atoms with E-state index in [1.54, 1.807) is 32.1 Å². The van der Waals surface area contributed by atoms with Crippen LogP contribution in [-0.2, 0) is 9.47 Å². The van der Waals surface area contributed by atoms with Crippen LogP contribution < -0.4 is 14.8 Å². The van der Waals surface area contributed by atoms with Gasteiger partial charge in [0.2, 0.25) is 0 Å². The van der Waals surface area contributed by atoms with Crippen LogP contribution in [0.25, 0.3) is 10.9 Å². The van der Waals surface area contributed by atoms with Crippen molar-refractivity contribution in [1.82, 2.24) is 10.3 Å². The summed E-state index contributed by atoms with van der Waals surface area (Å²) in [5.41, 5.74) is 2.18. The summed E-state index contributed by atoms with van der Waals surface area (Å²) in [5, 5.41) is 4.85. The van der Waals surface area contributed by atoms with Crippen molar-refractivity contribution in [3.05, 3.63) is 78.8 Å². The molecular weight excluding hydrogens is 428 g/mol. The number of aromatic nitrogens is 1. The third-order valence-corrected chi connectivity index (χ3v) is 6.86. The van der Waals surface area contributed by atoms with Gasteiger partial charge in [-0.1, -0.05) is 24.3 Å². The van der Waals surface area contributed by atoms with Gasteiger partial charge in [0, 0.05) is 17.6 Å². The van der Waals surface area contributed by atoms with E-state index in [1.807, 2.05) is 24.3 Å². The maximum absolute atomic E-state index is 6.28. The molecule has 178 valence electrons. The molecule has 1 atom stereocenters. The lowest BCUT2D eigenvalue weighted by molar-refractivity contribution is 0.182. The van der Waals surface area contributed by atoms with Gasteiger partial charge in [-0.15, -0.1) is 0 Å². The molecule has 1 fully saturated rings. The van der Waals surface area contributed by atoms with E-state index in [1.165, 1.54) is 5.57 Å². The van der Waals surface area contributed by atoms with Gasteiger partial charge in [-0.3, -0.25) is 4.98 Å². The van der Waals surface area contributed by atoms with Crippen molar-refractivity contribution < 1.29 is 18.9 Å². The molecule has 5 rings (SSSR count). The van der Waals surface area contributed by atoms with Crippen LogP contribution in [-0.4, -0.2) is 30.8 Å². The third-order valence-electron chi connectivity index (χ3n) is 6.86. The number of nitrogens with one attached hydrogen (secondary N) is 1. The largest absolute Gasteiger partial charge is 0.494 e. The van der Waals surface area contributed by atoms with E-state index in [2.05, 4.69) is 28.5 Å². The highest BCUT2D eigenvalue weighted by Crippen LogP contribution is 2.32. The van der Waals surface area contributed by atoms with Gasteiger partial charge in [-0.25, -0.2) is 0 Å². The monoisotopic (exact) mass is 460 g/mol. The molecule has 34 heavy (non-hydrogen) atoms. The minimum absolute atomic E-state index is 0.0471. The second kappa shape index (κ2) is 10.8. The van der Waals surface area contributed by atoms with Crippen molar-refractivity contribution in [3.8, 4) is 11.5 Å². The van der Waals surface area contributed by atoms with Crippen LogP contribution in [0.3, 0.4) is 0 Å². The van der Waals surface area contributed by atoms with Crippen molar-refractivity contribution >= 4 is 10.9 Å². The normalized spacial score (nSPS) is 22.9. The number of fused-ring (bicyclic) bond motifs is 1. The molecule has 0 saturated heterocycles. The quantitative estimate of drug-likeness (QED) is 0.539. The van der Waals surface area contributed by atoms with E-state index in [-0.39, 0.29) is 6.04 Å². The van der Waals surface area contributed by atoms with E-state index in [9.17, 15) is 0 Å². The van der Waals surface area contributed by atoms with Crippen LogP contribution in [0.15, 0.2) is 78.8 Å². The van der Waals surface area contributed by atoms with Crippen molar-refractivity contribution in [1.29, 1.82) is 0 Å². The molecule has 3 aliphatic rings. The average molecular weight is 461 g/mol. The molecule has 1 aromatic carbocycles. The molecule has 2 aromatic rings. The Kier molecular flexibility index (Phi) is 7.15. The minimum atomic E-state index is 0.0471. The summed E-state index contributed by atoms with van der Waals surface area (Å²) in [6.07, 6.45) is 19.8. The van der Waals surface area contributed by atoms with Gasteiger partial charge in [0.1, 0.15) is 35.8 Å². The fourth-order valence-corrected chi connectivity index (χ4v) is 5.00. The first-order chi connectivity index (χ1) is 16.8. The van der Waals surface area contributed by atoms with E-state index >= 15 is 0 Å². The Labute approximate surface area is 200 Å². The number of nitrogens with zero attached hydrogens (tertiary/aromatic N) is 1. The predicted octanol–water partition coefficient (Wildman–Crippen LogP) is 5.78. The van der Waals surface area contributed by atoms with Crippen LogP contribution >= 0.6 is 0 Å². The molecule has 1 unspecified atom stereocenters. The molecule has 1 aromatic heterocycles. The smallest absolute Gasteiger partial charge is 0.159 e. The Morgan fingerprint density at radius 3 is 2.79 bits per heavy atom. The van der Waals surface area contributed by atoms with Gasteiger partial charge >= 0.3 is 0 Å². The van der Waals surface area contributed by atoms with Gasteiger partial charge in [0.15, 0.2) is 5.76 Å². The highest BCUT2D eigenvalue weighted by Gasteiger charge is 2.28. The first kappa shape index (κ1) is 22.5. The summed E-state index contributed by atoms with van der Waals surface area (Å²) in [7, 11) is 1.67. The Bertz CT molecular complexity index is 1110. The summed E-state index contributed by atoms with van der Waals surface area (Å²) >= 11 is 0. The molecule has 0 amide bonds. The van der Waals surface area contributed by atoms with E-state index in [4.69, 9.17) is 18.9 Å². The van der Waals surface area contributed by atoms with Crippen molar-refractivity contribution in [2.24, 2.45) is 5.92 Å². The number of allylic oxidation sites excluding steroid dienone is 3. The van der Waals surface area contributed by atoms with Gasteiger partial charge < -0.3 is 24.3 Å². The molecule has 0 bridgehead atoms. The molecule has 0 radical (unpaired) electrons. The number of hydrogen-bond donors (Lipinski definition) is 1. The standard InChI is InChI=1S/C28H32N2O4/c1-31-25-9-5-8-23-24(14-15-29-28(23)25)34-18-20-10-12-22(13-11-20)30-27(21-6-3-2-4-7-21)26-19-32-16-17-33-26/h2-3,5-6,8-9,14-17,19-20,22,27,30H,4,7,10-13,18H2,1H3. The Morgan fingerprint density at radius 1 is 1.12 bits per heavy atom. The molecule has 1 saturated carbocycles. The molecule has 6 heteroatoms. The zero-order valence-corrected chi connectivity index (χ0v) is 19.6. The number of ether oxygens (including phenoxy) is 4. The summed E-state index contributed by atoms with van der Waals surface area (Å²) < 4.78 is 22.9. The van der Waals surface area contributed by atoms with Gasteiger partial charge in [0.25, 0.3) is 0 Å². The molecule has 2 aliphatic carbocycles.